The zero-order valence-electron chi connectivity index (χ0n) is 11.5. The number of fused-ring (bicyclic) bond motifs is 1. The molecule has 0 radical (unpaired) electrons. The maximum atomic E-state index is 13.7. The molecule has 2 aromatic carbocycles. The second-order valence-corrected chi connectivity index (χ2v) is 7.11. The summed E-state index contributed by atoms with van der Waals surface area (Å²) in [6, 6.07) is 5.73. The Morgan fingerprint density at radius 3 is 2.22 bits per heavy atom. The lowest BCUT2D eigenvalue weighted by Gasteiger charge is -2.20. The Kier molecular flexibility index (Phi) is 4.15. The van der Waals surface area contributed by atoms with E-state index in [9.17, 15) is 17.2 Å². The minimum Gasteiger partial charge on any atom is -0.486 e. The highest BCUT2D eigenvalue weighted by molar-refractivity contribution is 9.10. The van der Waals surface area contributed by atoms with Gasteiger partial charge in [0.25, 0.3) is 10.0 Å². The summed E-state index contributed by atoms with van der Waals surface area (Å²) in [6.45, 7) is 0.702. The predicted octanol–water partition coefficient (Wildman–Crippen LogP) is 3.30. The van der Waals surface area contributed by atoms with Crippen molar-refractivity contribution < 1.29 is 26.7 Å². The molecule has 0 saturated heterocycles. The first kappa shape index (κ1) is 16.0. The maximum absolute atomic E-state index is 13.7. The fraction of sp³-hybridized carbons (Fsp3) is 0.143. The summed E-state index contributed by atoms with van der Waals surface area (Å²) < 4.78 is 65.2. The first-order chi connectivity index (χ1) is 10.9. The van der Waals surface area contributed by atoms with E-state index in [1.165, 1.54) is 12.1 Å². The average Bonchev–Trinajstić information content (AvgIpc) is 2.47. The monoisotopic (exact) mass is 405 g/mol. The quantitative estimate of drug-likeness (QED) is 0.850. The van der Waals surface area contributed by atoms with Gasteiger partial charge in [0.1, 0.15) is 24.8 Å². The van der Waals surface area contributed by atoms with Crippen molar-refractivity contribution in [1.82, 2.24) is 0 Å². The van der Waals surface area contributed by atoms with Gasteiger partial charge in [0, 0.05) is 16.6 Å². The minimum absolute atomic E-state index is 0.0805. The van der Waals surface area contributed by atoms with E-state index >= 15 is 0 Å². The van der Waals surface area contributed by atoms with Crippen LogP contribution in [-0.4, -0.2) is 21.6 Å². The number of benzene rings is 2. The Morgan fingerprint density at radius 2 is 1.61 bits per heavy atom. The molecule has 1 aliphatic rings. The molecule has 2 aromatic rings. The van der Waals surface area contributed by atoms with Crippen molar-refractivity contribution in [2.75, 3.05) is 17.9 Å². The number of nitrogens with one attached hydrogen (secondary N) is 1. The molecule has 0 spiro atoms. The normalized spacial score (nSPS) is 13.7. The molecular formula is C14H10BrF2NO4S. The summed E-state index contributed by atoms with van der Waals surface area (Å²) in [7, 11) is -4.45. The standard InChI is InChI=1S/C14H10BrF2NO4S/c15-8-6-12-13(22-5-4-21-12)7-11(8)18-23(19,20)14-9(16)2-1-3-10(14)17/h1-3,6-7,18H,4-5H2. The highest BCUT2D eigenvalue weighted by Crippen LogP contribution is 2.39. The Bertz CT molecular complexity index is 853. The average molecular weight is 406 g/mol. The zero-order valence-corrected chi connectivity index (χ0v) is 13.9. The third-order valence-electron chi connectivity index (χ3n) is 3.06. The third kappa shape index (κ3) is 3.11. The van der Waals surface area contributed by atoms with Crippen LogP contribution in [0.3, 0.4) is 0 Å². The van der Waals surface area contributed by atoms with Crippen molar-refractivity contribution in [2.24, 2.45) is 0 Å². The van der Waals surface area contributed by atoms with E-state index in [4.69, 9.17) is 9.47 Å². The van der Waals surface area contributed by atoms with Gasteiger partial charge in [0.05, 0.1) is 5.69 Å². The van der Waals surface area contributed by atoms with Gasteiger partial charge in [0.2, 0.25) is 0 Å². The Hall–Kier alpha value is -1.87. The molecule has 0 aromatic heterocycles. The summed E-state index contributed by atoms with van der Waals surface area (Å²) in [6.07, 6.45) is 0. The van der Waals surface area contributed by atoms with Crippen LogP contribution in [0.5, 0.6) is 11.5 Å². The fourth-order valence-corrected chi connectivity index (χ4v) is 3.84. The van der Waals surface area contributed by atoms with E-state index in [0.29, 0.717) is 29.2 Å². The Labute approximate surface area is 139 Å². The summed E-state index contributed by atoms with van der Waals surface area (Å²) >= 11 is 3.19. The largest absolute Gasteiger partial charge is 0.486 e. The van der Waals surface area contributed by atoms with Crippen molar-refractivity contribution in [3.63, 3.8) is 0 Å². The van der Waals surface area contributed by atoms with Gasteiger partial charge >= 0.3 is 0 Å². The van der Waals surface area contributed by atoms with E-state index in [1.54, 1.807) is 0 Å². The van der Waals surface area contributed by atoms with Gasteiger partial charge in [-0.15, -0.1) is 0 Å². The van der Waals surface area contributed by atoms with Crippen LogP contribution in [0.1, 0.15) is 0 Å². The molecule has 0 saturated carbocycles. The van der Waals surface area contributed by atoms with E-state index in [1.807, 2.05) is 0 Å². The molecule has 3 rings (SSSR count). The van der Waals surface area contributed by atoms with Crippen molar-refractivity contribution in [1.29, 1.82) is 0 Å². The molecule has 122 valence electrons. The number of rotatable bonds is 3. The highest BCUT2D eigenvalue weighted by atomic mass is 79.9. The van der Waals surface area contributed by atoms with E-state index in [-0.39, 0.29) is 5.69 Å². The van der Waals surface area contributed by atoms with Gasteiger partial charge in [-0.1, -0.05) is 6.07 Å². The first-order valence-corrected chi connectivity index (χ1v) is 8.72. The summed E-state index contributed by atoms with van der Waals surface area (Å²) in [5.41, 5.74) is 0.0805. The van der Waals surface area contributed by atoms with Crippen molar-refractivity contribution in [3.05, 3.63) is 46.4 Å². The zero-order chi connectivity index (χ0) is 16.6. The van der Waals surface area contributed by atoms with Crippen molar-refractivity contribution in [2.45, 2.75) is 4.90 Å². The maximum Gasteiger partial charge on any atom is 0.267 e. The molecule has 0 atom stereocenters. The van der Waals surface area contributed by atoms with Crippen LogP contribution in [0, 0.1) is 11.6 Å². The van der Waals surface area contributed by atoms with Crippen LogP contribution >= 0.6 is 15.9 Å². The first-order valence-electron chi connectivity index (χ1n) is 6.44. The lowest BCUT2D eigenvalue weighted by atomic mass is 10.2. The molecule has 1 heterocycles. The number of anilines is 1. The minimum atomic E-state index is -4.45. The lowest BCUT2D eigenvalue weighted by Crippen LogP contribution is -2.18. The van der Waals surface area contributed by atoms with Gasteiger partial charge in [-0.05, 0) is 28.1 Å². The fourth-order valence-electron chi connectivity index (χ4n) is 2.08. The number of halogens is 3. The van der Waals surface area contributed by atoms with Crippen molar-refractivity contribution in [3.8, 4) is 11.5 Å². The van der Waals surface area contributed by atoms with Crippen LogP contribution < -0.4 is 14.2 Å². The lowest BCUT2D eigenvalue weighted by molar-refractivity contribution is 0.171. The third-order valence-corrected chi connectivity index (χ3v) is 5.14. The summed E-state index contributed by atoms with van der Waals surface area (Å²) in [4.78, 5) is -1.04. The molecule has 0 aliphatic carbocycles. The molecular weight excluding hydrogens is 396 g/mol. The van der Waals surface area contributed by atoms with Crippen LogP contribution in [0.15, 0.2) is 39.7 Å². The Balaban J connectivity index is 2.01. The number of ether oxygens (including phenoxy) is 2. The second kappa shape index (κ2) is 5.97. The van der Waals surface area contributed by atoms with Crippen LogP contribution in [0.2, 0.25) is 0 Å². The molecule has 1 aliphatic heterocycles. The predicted molar refractivity (Wildman–Crippen MR) is 82.3 cm³/mol. The number of hydrogen-bond donors (Lipinski definition) is 1. The van der Waals surface area contributed by atoms with Crippen LogP contribution in [-0.2, 0) is 10.0 Å². The Morgan fingerprint density at radius 1 is 1.04 bits per heavy atom. The van der Waals surface area contributed by atoms with Crippen molar-refractivity contribution >= 4 is 31.6 Å². The molecule has 9 heteroatoms. The number of sulfonamides is 1. The van der Waals surface area contributed by atoms with Gasteiger partial charge in [0.15, 0.2) is 16.4 Å². The smallest absolute Gasteiger partial charge is 0.267 e. The molecule has 0 unspecified atom stereocenters. The molecule has 0 amide bonds. The number of hydrogen-bond acceptors (Lipinski definition) is 4. The van der Waals surface area contributed by atoms with Crippen LogP contribution in [0.25, 0.3) is 0 Å². The second-order valence-electron chi connectivity index (χ2n) is 4.63. The molecule has 5 nitrogen and oxygen atoms in total. The van der Waals surface area contributed by atoms with Gasteiger partial charge < -0.3 is 9.47 Å². The van der Waals surface area contributed by atoms with E-state index < -0.39 is 26.6 Å². The molecule has 1 N–H and O–H groups in total. The van der Waals surface area contributed by atoms with E-state index in [2.05, 4.69) is 20.7 Å². The SMILES string of the molecule is O=S(=O)(Nc1cc2c(cc1Br)OCCO2)c1c(F)cccc1F. The van der Waals surface area contributed by atoms with Gasteiger partial charge in [-0.25, -0.2) is 17.2 Å². The summed E-state index contributed by atoms with van der Waals surface area (Å²) in [5, 5.41) is 0. The highest BCUT2D eigenvalue weighted by Gasteiger charge is 2.25. The van der Waals surface area contributed by atoms with Gasteiger partial charge in [-0.3, -0.25) is 4.72 Å². The summed E-state index contributed by atoms with van der Waals surface area (Å²) in [5.74, 6) is -1.56. The van der Waals surface area contributed by atoms with Crippen LogP contribution in [0.4, 0.5) is 14.5 Å². The molecule has 0 bridgehead atoms. The topological polar surface area (TPSA) is 64.6 Å². The molecule has 0 fully saturated rings. The van der Waals surface area contributed by atoms with E-state index in [0.717, 1.165) is 18.2 Å². The molecule has 23 heavy (non-hydrogen) atoms. The van der Waals surface area contributed by atoms with Gasteiger partial charge in [-0.2, -0.15) is 0 Å².